The lowest BCUT2D eigenvalue weighted by Crippen LogP contribution is -1.94. The Morgan fingerprint density at radius 2 is 2.00 bits per heavy atom. The molecule has 0 radical (unpaired) electrons. The fourth-order valence-corrected chi connectivity index (χ4v) is 2.24. The minimum absolute atomic E-state index is 0.476. The first-order valence-corrected chi connectivity index (χ1v) is 6.82. The molecule has 0 spiro atoms. The maximum atomic E-state index is 10.4. The Labute approximate surface area is 127 Å². The van der Waals surface area contributed by atoms with Crippen LogP contribution in [0.5, 0.6) is 5.75 Å². The summed E-state index contributed by atoms with van der Waals surface area (Å²) in [5.74, 6) is 0.753. The van der Waals surface area contributed by atoms with Crippen molar-refractivity contribution < 1.29 is 9.66 Å². The third kappa shape index (κ3) is 3.15. The van der Waals surface area contributed by atoms with E-state index in [0.717, 1.165) is 34.0 Å². The highest BCUT2D eigenvalue weighted by molar-refractivity contribution is 5.89. The summed E-state index contributed by atoms with van der Waals surface area (Å²) in [6.07, 6.45) is 4.15. The lowest BCUT2D eigenvalue weighted by Gasteiger charge is -2.06. The molecule has 0 aliphatic carbocycles. The maximum Gasteiger partial charge on any atom is 0.235 e. The lowest BCUT2D eigenvalue weighted by atomic mass is 10.1. The van der Waals surface area contributed by atoms with E-state index >= 15 is 0 Å². The number of nitrogens with one attached hydrogen (secondary N) is 1. The predicted molar refractivity (Wildman–Crippen MR) is 85.1 cm³/mol. The number of nitrogens with zero attached hydrogens (tertiary/aromatic N) is 1. The van der Waals surface area contributed by atoms with E-state index < -0.39 is 4.92 Å². The van der Waals surface area contributed by atoms with E-state index in [0.29, 0.717) is 6.61 Å². The third-order valence-electron chi connectivity index (χ3n) is 3.31. The molecule has 0 saturated carbocycles. The van der Waals surface area contributed by atoms with Gasteiger partial charge in [0.25, 0.3) is 0 Å². The number of fused-ring (bicyclic) bond motifs is 1. The molecule has 0 unspecified atom stereocenters. The lowest BCUT2D eigenvalue weighted by molar-refractivity contribution is -0.400. The second-order valence-electron chi connectivity index (χ2n) is 4.83. The van der Waals surface area contributed by atoms with E-state index in [1.165, 1.54) is 6.08 Å². The van der Waals surface area contributed by atoms with Crippen molar-refractivity contribution in [3.8, 4) is 5.75 Å². The molecule has 0 bridgehead atoms. The van der Waals surface area contributed by atoms with Crippen LogP contribution in [-0.4, -0.2) is 9.91 Å². The van der Waals surface area contributed by atoms with Crippen molar-refractivity contribution in [2.75, 3.05) is 0 Å². The minimum Gasteiger partial charge on any atom is -0.489 e. The van der Waals surface area contributed by atoms with Crippen LogP contribution in [-0.2, 0) is 6.61 Å². The fourth-order valence-electron chi connectivity index (χ4n) is 2.24. The Morgan fingerprint density at radius 3 is 2.77 bits per heavy atom. The van der Waals surface area contributed by atoms with Gasteiger partial charge in [0.2, 0.25) is 6.20 Å². The zero-order chi connectivity index (χ0) is 15.4. The van der Waals surface area contributed by atoms with E-state index in [1.807, 2.05) is 48.5 Å². The van der Waals surface area contributed by atoms with Crippen molar-refractivity contribution in [3.63, 3.8) is 0 Å². The molecule has 3 rings (SSSR count). The Kier molecular flexibility index (Phi) is 3.87. The summed E-state index contributed by atoms with van der Waals surface area (Å²) in [4.78, 5) is 13.0. The summed E-state index contributed by atoms with van der Waals surface area (Å²) in [6, 6.07) is 15.6. The van der Waals surface area contributed by atoms with E-state index in [2.05, 4.69) is 4.98 Å². The van der Waals surface area contributed by atoms with Crippen molar-refractivity contribution in [2.24, 2.45) is 0 Å². The zero-order valence-corrected chi connectivity index (χ0v) is 11.7. The molecule has 5 heteroatoms. The van der Waals surface area contributed by atoms with Gasteiger partial charge >= 0.3 is 0 Å². The maximum absolute atomic E-state index is 10.4. The first-order chi connectivity index (χ1) is 10.7. The summed E-state index contributed by atoms with van der Waals surface area (Å²) in [5.41, 5.74) is 2.76. The van der Waals surface area contributed by atoms with Gasteiger partial charge in [-0.2, -0.15) is 0 Å². The van der Waals surface area contributed by atoms with Crippen molar-refractivity contribution >= 4 is 17.0 Å². The first-order valence-electron chi connectivity index (χ1n) is 6.82. The molecule has 3 aromatic rings. The molecule has 1 heterocycles. The molecule has 110 valence electrons. The van der Waals surface area contributed by atoms with Crippen molar-refractivity contribution in [1.29, 1.82) is 0 Å². The molecule has 0 fully saturated rings. The van der Waals surface area contributed by atoms with Crippen molar-refractivity contribution in [1.82, 2.24) is 4.98 Å². The molecular formula is C17H14N2O3. The molecule has 1 N–H and O–H groups in total. The van der Waals surface area contributed by atoms with Crippen molar-refractivity contribution in [2.45, 2.75) is 6.61 Å². The van der Waals surface area contributed by atoms with Gasteiger partial charge in [0.15, 0.2) is 0 Å². The number of hydrogen-bond donors (Lipinski definition) is 1. The van der Waals surface area contributed by atoms with Gasteiger partial charge in [0.1, 0.15) is 12.4 Å². The number of hydrogen-bond acceptors (Lipinski definition) is 3. The molecule has 22 heavy (non-hydrogen) atoms. The van der Waals surface area contributed by atoms with Crippen LogP contribution < -0.4 is 4.74 Å². The second-order valence-corrected chi connectivity index (χ2v) is 4.83. The third-order valence-corrected chi connectivity index (χ3v) is 3.31. The standard InChI is InChI=1S/C17H14N2O3/c20-19(21)9-8-14-11-18-17-10-15(6-7-16(14)17)22-12-13-4-2-1-3-5-13/h1-11,18H,12H2/b9-8+. The number of rotatable bonds is 5. The Hall–Kier alpha value is -3.08. The number of H-pyrrole nitrogens is 1. The van der Waals surface area contributed by atoms with Crippen LogP contribution in [0.15, 0.2) is 60.9 Å². The highest BCUT2D eigenvalue weighted by Crippen LogP contribution is 2.24. The molecular weight excluding hydrogens is 280 g/mol. The van der Waals surface area contributed by atoms with Crippen LogP contribution in [0.1, 0.15) is 11.1 Å². The quantitative estimate of drug-likeness (QED) is 0.571. The number of ether oxygens (including phenoxy) is 1. The number of nitro groups is 1. The average molecular weight is 294 g/mol. The first kappa shape index (κ1) is 13.9. The van der Waals surface area contributed by atoms with Crippen LogP contribution >= 0.6 is 0 Å². The SMILES string of the molecule is O=[N+]([O-])/C=C/c1c[nH]c2cc(OCc3ccccc3)ccc12. The van der Waals surface area contributed by atoms with Gasteiger partial charge in [0.05, 0.1) is 4.92 Å². The summed E-state index contributed by atoms with van der Waals surface area (Å²) in [6.45, 7) is 0.501. The largest absolute Gasteiger partial charge is 0.489 e. The molecule has 1 aromatic heterocycles. The fraction of sp³-hybridized carbons (Fsp3) is 0.0588. The second kappa shape index (κ2) is 6.13. The molecule has 0 aliphatic rings. The molecule has 0 atom stereocenters. The van der Waals surface area contributed by atoms with Gasteiger partial charge in [0, 0.05) is 34.8 Å². The van der Waals surface area contributed by atoms with E-state index in [-0.39, 0.29) is 0 Å². The highest BCUT2D eigenvalue weighted by Gasteiger charge is 2.04. The number of aromatic amines is 1. The van der Waals surface area contributed by atoms with Crippen LogP contribution in [0.25, 0.3) is 17.0 Å². The number of aromatic nitrogens is 1. The molecule has 5 nitrogen and oxygen atoms in total. The molecule has 0 saturated heterocycles. The topological polar surface area (TPSA) is 68.2 Å². The van der Waals surface area contributed by atoms with Crippen LogP contribution in [0.4, 0.5) is 0 Å². The van der Waals surface area contributed by atoms with Crippen molar-refractivity contribution in [3.05, 3.63) is 82.2 Å². The van der Waals surface area contributed by atoms with E-state index in [4.69, 9.17) is 4.74 Å². The van der Waals surface area contributed by atoms with Gasteiger partial charge in [-0.1, -0.05) is 30.3 Å². The molecule has 2 aromatic carbocycles. The summed E-state index contributed by atoms with van der Waals surface area (Å²) >= 11 is 0. The summed E-state index contributed by atoms with van der Waals surface area (Å²) in [7, 11) is 0. The highest BCUT2D eigenvalue weighted by atomic mass is 16.6. The monoisotopic (exact) mass is 294 g/mol. The minimum atomic E-state index is -0.476. The van der Waals surface area contributed by atoms with Gasteiger partial charge in [-0.3, -0.25) is 10.1 Å². The predicted octanol–water partition coefficient (Wildman–Crippen LogP) is 3.99. The van der Waals surface area contributed by atoms with Gasteiger partial charge in [-0.15, -0.1) is 0 Å². The zero-order valence-electron chi connectivity index (χ0n) is 11.7. The Balaban J connectivity index is 1.78. The van der Waals surface area contributed by atoms with Gasteiger partial charge < -0.3 is 9.72 Å². The molecule has 0 aliphatic heterocycles. The van der Waals surface area contributed by atoms with Crippen LogP contribution in [0.2, 0.25) is 0 Å². The number of benzene rings is 2. The normalized spacial score (nSPS) is 11.1. The summed E-state index contributed by atoms with van der Waals surface area (Å²) in [5, 5.41) is 11.3. The van der Waals surface area contributed by atoms with Gasteiger partial charge in [-0.05, 0) is 17.7 Å². The van der Waals surface area contributed by atoms with E-state index in [9.17, 15) is 10.1 Å². The van der Waals surface area contributed by atoms with E-state index in [1.54, 1.807) is 6.20 Å². The molecule has 0 amide bonds. The van der Waals surface area contributed by atoms with Gasteiger partial charge in [-0.25, -0.2) is 0 Å². The Morgan fingerprint density at radius 1 is 1.18 bits per heavy atom. The smallest absolute Gasteiger partial charge is 0.235 e. The Bertz CT molecular complexity index is 822. The van der Waals surface area contributed by atoms with Crippen LogP contribution in [0, 0.1) is 10.1 Å². The van der Waals surface area contributed by atoms with Crippen LogP contribution in [0.3, 0.4) is 0 Å². The summed E-state index contributed by atoms with van der Waals surface area (Å²) < 4.78 is 5.76. The average Bonchev–Trinajstić information content (AvgIpc) is 2.94.